The van der Waals surface area contributed by atoms with Crippen molar-refractivity contribution in [2.24, 2.45) is 5.92 Å². The van der Waals surface area contributed by atoms with Gasteiger partial charge in [0.25, 0.3) is 0 Å². The van der Waals surface area contributed by atoms with Crippen molar-refractivity contribution in [3.05, 3.63) is 29.8 Å². The number of carbonyl (C=O) groups excluding carboxylic acids is 2. The van der Waals surface area contributed by atoms with Crippen LogP contribution in [0.2, 0.25) is 0 Å². The number of unbranched alkanes of at least 4 members (excludes halogenated alkanes) is 2. The van der Waals surface area contributed by atoms with Crippen molar-refractivity contribution >= 4 is 17.5 Å². The normalized spacial score (nSPS) is 15.8. The minimum atomic E-state index is -0.705. The highest BCUT2D eigenvalue weighted by Gasteiger charge is 2.24. The van der Waals surface area contributed by atoms with Crippen molar-refractivity contribution in [2.75, 3.05) is 11.9 Å². The van der Waals surface area contributed by atoms with Crippen molar-refractivity contribution in [2.45, 2.75) is 64.4 Å². The summed E-state index contributed by atoms with van der Waals surface area (Å²) >= 11 is 0. The Bertz CT molecular complexity index is 551. The summed E-state index contributed by atoms with van der Waals surface area (Å²) in [6.07, 6.45) is 8.28. The number of benzene rings is 1. The molecule has 2 amide bonds. The number of aryl methyl sites for hydroxylation is 1. The minimum absolute atomic E-state index is 0.132. The van der Waals surface area contributed by atoms with Gasteiger partial charge in [-0.2, -0.15) is 0 Å². The number of aliphatic hydroxyl groups is 1. The van der Waals surface area contributed by atoms with Gasteiger partial charge in [-0.15, -0.1) is 0 Å². The number of hydrogen-bond donors (Lipinski definition) is 3. The van der Waals surface area contributed by atoms with Crippen molar-refractivity contribution in [3.8, 4) is 0 Å². The summed E-state index contributed by atoms with van der Waals surface area (Å²) in [6.45, 7) is 2.31. The minimum Gasteiger partial charge on any atom is -0.391 e. The van der Waals surface area contributed by atoms with Crippen LogP contribution in [0.25, 0.3) is 0 Å². The second kappa shape index (κ2) is 10.2. The number of nitrogens with one attached hydrogen (secondary N) is 2. The molecule has 1 unspecified atom stereocenters. The first-order valence-electron chi connectivity index (χ1n) is 9.46. The Morgan fingerprint density at radius 1 is 1.12 bits per heavy atom. The molecule has 5 nitrogen and oxygen atoms in total. The van der Waals surface area contributed by atoms with E-state index >= 15 is 0 Å². The lowest BCUT2D eigenvalue weighted by molar-refractivity contribution is -0.136. The van der Waals surface area contributed by atoms with Gasteiger partial charge in [-0.3, -0.25) is 9.59 Å². The van der Waals surface area contributed by atoms with Crippen LogP contribution in [0.3, 0.4) is 0 Å². The van der Waals surface area contributed by atoms with E-state index in [9.17, 15) is 14.7 Å². The highest BCUT2D eigenvalue weighted by Crippen LogP contribution is 2.27. The molecule has 3 N–H and O–H groups in total. The van der Waals surface area contributed by atoms with Gasteiger partial charge in [0.15, 0.2) is 0 Å². The first-order chi connectivity index (χ1) is 12.1. The standard InChI is InChI=1S/C20H30N2O3/c1-2-3-4-7-15-10-12-17(13-11-15)22-20(25)19(24)21-14-18(23)16-8-5-6-9-16/h10-13,16,18,23H,2-9,14H2,1H3,(H,21,24)(H,22,25). The van der Waals surface area contributed by atoms with Gasteiger partial charge >= 0.3 is 11.8 Å². The summed E-state index contributed by atoms with van der Waals surface area (Å²) < 4.78 is 0. The predicted molar refractivity (Wildman–Crippen MR) is 99.3 cm³/mol. The third kappa shape index (κ3) is 6.50. The summed E-state index contributed by atoms with van der Waals surface area (Å²) in [5.41, 5.74) is 1.84. The molecule has 0 spiro atoms. The first-order valence-corrected chi connectivity index (χ1v) is 9.46. The zero-order chi connectivity index (χ0) is 18.1. The van der Waals surface area contributed by atoms with Crippen LogP contribution in [-0.2, 0) is 16.0 Å². The Labute approximate surface area is 150 Å². The Morgan fingerprint density at radius 3 is 2.44 bits per heavy atom. The topological polar surface area (TPSA) is 78.4 Å². The van der Waals surface area contributed by atoms with Gasteiger partial charge in [0.1, 0.15) is 0 Å². The zero-order valence-electron chi connectivity index (χ0n) is 15.1. The molecular formula is C20H30N2O3. The molecule has 0 aliphatic heterocycles. The summed E-state index contributed by atoms with van der Waals surface area (Å²) in [5.74, 6) is -1.16. The molecule has 0 saturated heterocycles. The maximum atomic E-state index is 11.9. The average Bonchev–Trinajstić information content (AvgIpc) is 3.15. The summed E-state index contributed by atoms with van der Waals surface area (Å²) in [5, 5.41) is 15.2. The lowest BCUT2D eigenvalue weighted by Gasteiger charge is -2.17. The number of carbonyl (C=O) groups is 2. The molecule has 0 radical (unpaired) electrons. The fourth-order valence-corrected chi connectivity index (χ4v) is 3.31. The molecule has 0 heterocycles. The van der Waals surface area contributed by atoms with Crippen LogP contribution >= 0.6 is 0 Å². The predicted octanol–water partition coefficient (Wildman–Crippen LogP) is 3.03. The monoisotopic (exact) mass is 346 g/mol. The molecule has 138 valence electrons. The summed E-state index contributed by atoms with van der Waals surface area (Å²) in [4.78, 5) is 23.8. The second-order valence-electron chi connectivity index (χ2n) is 6.93. The SMILES string of the molecule is CCCCCc1ccc(NC(=O)C(=O)NCC(O)C2CCCC2)cc1. The molecule has 25 heavy (non-hydrogen) atoms. The van der Waals surface area contributed by atoms with Crippen LogP contribution in [0, 0.1) is 5.92 Å². The molecule has 1 aromatic carbocycles. The largest absolute Gasteiger partial charge is 0.391 e. The van der Waals surface area contributed by atoms with Crippen LogP contribution in [0.5, 0.6) is 0 Å². The third-order valence-electron chi connectivity index (χ3n) is 4.90. The number of rotatable bonds is 8. The van der Waals surface area contributed by atoms with Crippen LogP contribution in [0.1, 0.15) is 57.4 Å². The molecule has 5 heteroatoms. The summed E-state index contributed by atoms with van der Waals surface area (Å²) in [6, 6.07) is 7.60. The van der Waals surface area contributed by atoms with E-state index < -0.39 is 17.9 Å². The number of amides is 2. The third-order valence-corrected chi connectivity index (χ3v) is 4.90. The molecule has 1 aliphatic carbocycles. The molecule has 2 rings (SSSR count). The van der Waals surface area contributed by atoms with E-state index in [4.69, 9.17) is 0 Å². The van der Waals surface area contributed by atoms with Gasteiger partial charge in [0.2, 0.25) is 0 Å². The van der Waals surface area contributed by atoms with Crippen molar-refractivity contribution in [1.82, 2.24) is 5.32 Å². The fraction of sp³-hybridized carbons (Fsp3) is 0.600. The van der Waals surface area contributed by atoms with E-state index in [1.165, 1.54) is 18.4 Å². The summed E-state index contributed by atoms with van der Waals surface area (Å²) in [7, 11) is 0. The van der Waals surface area contributed by atoms with E-state index in [1.54, 1.807) is 0 Å². The van der Waals surface area contributed by atoms with Gasteiger partial charge < -0.3 is 15.7 Å². The molecule has 1 atom stereocenters. The second-order valence-corrected chi connectivity index (χ2v) is 6.93. The van der Waals surface area contributed by atoms with Gasteiger partial charge in [-0.05, 0) is 49.3 Å². The molecule has 0 aromatic heterocycles. The van der Waals surface area contributed by atoms with Crippen LogP contribution in [0.15, 0.2) is 24.3 Å². The van der Waals surface area contributed by atoms with E-state index in [1.807, 2.05) is 24.3 Å². The first kappa shape index (κ1) is 19.4. The van der Waals surface area contributed by atoms with E-state index in [2.05, 4.69) is 17.6 Å². The van der Waals surface area contributed by atoms with Crippen molar-refractivity contribution < 1.29 is 14.7 Å². The number of anilines is 1. The zero-order valence-corrected chi connectivity index (χ0v) is 15.1. The fourth-order valence-electron chi connectivity index (χ4n) is 3.31. The Hall–Kier alpha value is -1.88. The molecular weight excluding hydrogens is 316 g/mol. The van der Waals surface area contributed by atoms with E-state index in [0.717, 1.165) is 38.5 Å². The Morgan fingerprint density at radius 2 is 1.80 bits per heavy atom. The maximum Gasteiger partial charge on any atom is 0.313 e. The quantitative estimate of drug-likeness (QED) is 0.500. The van der Waals surface area contributed by atoms with E-state index in [-0.39, 0.29) is 12.5 Å². The smallest absolute Gasteiger partial charge is 0.313 e. The van der Waals surface area contributed by atoms with E-state index in [0.29, 0.717) is 5.69 Å². The molecule has 0 bridgehead atoms. The van der Waals surface area contributed by atoms with Crippen LogP contribution in [-0.4, -0.2) is 29.6 Å². The Balaban J connectivity index is 1.73. The molecule has 1 aromatic rings. The lowest BCUT2D eigenvalue weighted by atomic mass is 10.0. The van der Waals surface area contributed by atoms with Gasteiger partial charge in [-0.1, -0.05) is 44.7 Å². The number of hydrogen-bond acceptors (Lipinski definition) is 3. The lowest BCUT2D eigenvalue weighted by Crippen LogP contribution is -2.41. The highest BCUT2D eigenvalue weighted by atomic mass is 16.3. The molecule has 1 aliphatic rings. The highest BCUT2D eigenvalue weighted by molar-refractivity contribution is 6.39. The maximum absolute atomic E-state index is 11.9. The molecule has 1 saturated carbocycles. The van der Waals surface area contributed by atoms with Gasteiger partial charge in [0.05, 0.1) is 6.10 Å². The van der Waals surface area contributed by atoms with Crippen molar-refractivity contribution in [3.63, 3.8) is 0 Å². The molecule has 1 fully saturated rings. The van der Waals surface area contributed by atoms with Crippen LogP contribution in [0.4, 0.5) is 5.69 Å². The average molecular weight is 346 g/mol. The van der Waals surface area contributed by atoms with Crippen molar-refractivity contribution in [1.29, 1.82) is 0 Å². The van der Waals surface area contributed by atoms with Gasteiger partial charge in [0, 0.05) is 12.2 Å². The Kier molecular flexibility index (Phi) is 7.92. The van der Waals surface area contributed by atoms with Crippen LogP contribution < -0.4 is 10.6 Å². The number of aliphatic hydroxyl groups excluding tert-OH is 1. The van der Waals surface area contributed by atoms with Gasteiger partial charge in [-0.25, -0.2) is 0 Å².